The van der Waals surface area contributed by atoms with E-state index in [1.165, 1.54) is 18.2 Å². The molecule has 0 aromatic heterocycles. The lowest BCUT2D eigenvalue weighted by molar-refractivity contribution is -0.137. The van der Waals surface area contributed by atoms with Gasteiger partial charge in [0, 0.05) is 17.0 Å². The Morgan fingerprint density at radius 3 is 2.54 bits per heavy atom. The summed E-state index contributed by atoms with van der Waals surface area (Å²) in [5, 5.41) is 14.6. The number of carboxylic acid groups (broad SMARTS) is 1. The van der Waals surface area contributed by atoms with Crippen LogP contribution in [0, 0.1) is 6.92 Å². The van der Waals surface area contributed by atoms with E-state index in [1.54, 1.807) is 6.92 Å². The van der Waals surface area contributed by atoms with Crippen LogP contribution in [0.2, 0.25) is 10.0 Å². The van der Waals surface area contributed by atoms with Gasteiger partial charge >= 0.3 is 5.97 Å². The number of hydrogen-bond donors (Lipinski definition) is 3. The van der Waals surface area contributed by atoms with Gasteiger partial charge < -0.3 is 15.7 Å². The van der Waals surface area contributed by atoms with Crippen molar-refractivity contribution in [2.75, 3.05) is 19.6 Å². The molecule has 0 radical (unpaired) electrons. The second-order valence-corrected chi connectivity index (χ2v) is 7.29. The first-order valence-corrected chi connectivity index (χ1v) is 9.01. The lowest BCUT2D eigenvalue weighted by Crippen LogP contribution is -2.36. The first-order chi connectivity index (χ1) is 11.1. The summed E-state index contributed by atoms with van der Waals surface area (Å²) in [5.74, 6) is -1.66. The third kappa shape index (κ3) is 6.12. The molecule has 1 amide bonds. The molecule has 24 heavy (non-hydrogen) atoms. The molecule has 0 atom stereocenters. The average Bonchev–Trinajstić information content (AvgIpc) is 2.50. The van der Waals surface area contributed by atoms with Crippen LogP contribution in [0.4, 0.5) is 0 Å². The van der Waals surface area contributed by atoms with Crippen LogP contribution in [0.15, 0.2) is 28.5 Å². The fourth-order valence-electron chi connectivity index (χ4n) is 1.61. The molecule has 0 saturated carbocycles. The Kier molecular flexibility index (Phi) is 7.68. The second kappa shape index (κ2) is 9.03. The highest BCUT2D eigenvalue weighted by Gasteiger charge is 2.17. The Labute approximate surface area is 149 Å². The van der Waals surface area contributed by atoms with Crippen LogP contribution in [-0.4, -0.2) is 45.0 Å². The molecule has 0 fully saturated rings. The Hall–Kier alpha value is -1.61. The number of rotatable bonds is 8. The molecular formula is C14H16Cl2N2O5S. The largest absolute Gasteiger partial charge is 0.480 e. The number of halogens is 2. The molecule has 0 aliphatic heterocycles. The van der Waals surface area contributed by atoms with Crippen LogP contribution in [0.5, 0.6) is 0 Å². The third-order valence-corrected chi connectivity index (χ3v) is 5.36. The maximum Gasteiger partial charge on any atom is 0.322 e. The fourth-order valence-corrected chi connectivity index (χ4v) is 3.46. The van der Waals surface area contributed by atoms with Crippen molar-refractivity contribution in [2.45, 2.75) is 11.8 Å². The lowest BCUT2D eigenvalue weighted by Gasteiger charge is -2.07. The minimum absolute atomic E-state index is 0.0542. The molecule has 3 N–H and O–H groups in total. The molecule has 7 nitrogen and oxygen atoms in total. The van der Waals surface area contributed by atoms with Gasteiger partial charge in [-0.25, -0.2) is 8.42 Å². The summed E-state index contributed by atoms with van der Waals surface area (Å²) in [6.45, 7) is 1.10. The Balaban J connectivity index is 2.59. The van der Waals surface area contributed by atoms with Crippen molar-refractivity contribution in [3.63, 3.8) is 0 Å². The molecule has 0 aliphatic rings. The number of benzene rings is 1. The first-order valence-electron chi connectivity index (χ1n) is 6.70. The van der Waals surface area contributed by atoms with Crippen molar-refractivity contribution in [3.8, 4) is 0 Å². The van der Waals surface area contributed by atoms with Gasteiger partial charge in [-0.1, -0.05) is 29.3 Å². The molecular weight excluding hydrogens is 379 g/mol. The number of hydrogen-bond acceptors (Lipinski definition) is 5. The van der Waals surface area contributed by atoms with Crippen molar-refractivity contribution >= 4 is 44.9 Å². The average molecular weight is 395 g/mol. The van der Waals surface area contributed by atoms with E-state index in [1.807, 2.05) is 0 Å². The minimum atomic E-state index is -3.74. The van der Waals surface area contributed by atoms with E-state index in [4.69, 9.17) is 28.3 Å². The number of carbonyl (C=O) groups is 2. The van der Waals surface area contributed by atoms with Gasteiger partial charge in [0.05, 0.1) is 16.5 Å². The third-order valence-electron chi connectivity index (χ3n) is 2.85. The van der Waals surface area contributed by atoms with Crippen molar-refractivity contribution in [1.29, 1.82) is 0 Å². The maximum absolute atomic E-state index is 12.2. The highest BCUT2D eigenvalue weighted by Crippen LogP contribution is 2.31. The van der Waals surface area contributed by atoms with Crippen molar-refractivity contribution < 1.29 is 23.1 Å². The smallest absolute Gasteiger partial charge is 0.322 e. The monoisotopic (exact) mass is 394 g/mol. The van der Waals surface area contributed by atoms with Crippen LogP contribution < -0.4 is 10.6 Å². The van der Waals surface area contributed by atoms with E-state index in [0.717, 1.165) is 5.41 Å². The van der Waals surface area contributed by atoms with Crippen molar-refractivity contribution in [1.82, 2.24) is 10.6 Å². The highest BCUT2D eigenvalue weighted by molar-refractivity contribution is 7.94. The zero-order valence-electron chi connectivity index (χ0n) is 12.7. The van der Waals surface area contributed by atoms with E-state index in [9.17, 15) is 18.0 Å². The van der Waals surface area contributed by atoms with Crippen molar-refractivity contribution in [2.24, 2.45) is 0 Å². The number of nitrogens with one attached hydrogen (secondary N) is 2. The highest BCUT2D eigenvalue weighted by atomic mass is 35.5. The van der Waals surface area contributed by atoms with Gasteiger partial charge in [0.2, 0.25) is 15.7 Å². The van der Waals surface area contributed by atoms with Gasteiger partial charge in [0.15, 0.2) is 0 Å². The Morgan fingerprint density at radius 2 is 1.92 bits per heavy atom. The van der Waals surface area contributed by atoms with E-state index in [-0.39, 0.29) is 23.0 Å². The molecule has 0 unspecified atom stereocenters. The topological polar surface area (TPSA) is 113 Å². The predicted molar refractivity (Wildman–Crippen MR) is 91.0 cm³/mol. The van der Waals surface area contributed by atoms with E-state index >= 15 is 0 Å². The molecule has 1 rings (SSSR count). The molecule has 0 aliphatic carbocycles. The molecule has 0 bridgehead atoms. The summed E-state index contributed by atoms with van der Waals surface area (Å²) in [5.41, 5.74) is 0.473. The van der Waals surface area contributed by atoms with Crippen LogP contribution in [0.1, 0.15) is 5.56 Å². The Morgan fingerprint density at radius 1 is 1.25 bits per heavy atom. The molecule has 1 aromatic rings. The zero-order chi connectivity index (χ0) is 18.3. The first kappa shape index (κ1) is 20.4. The normalized spacial score (nSPS) is 11.6. The van der Waals surface area contributed by atoms with E-state index in [2.05, 4.69) is 10.6 Å². The number of carboxylic acids is 1. The molecule has 0 heterocycles. The Bertz CT molecular complexity index is 763. The van der Waals surface area contributed by atoms with Crippen molar-refractivity contribution in [3.05, 3.63) is 39.2 Å². The molecule has 0 spiro atoms. The number of aliphatic carboxylic acids is 1. The number of carbonyl (C=O) groups excluding carboxylic acids is 1. The number of sulfone groups is 1. The SMILES string of the molecule is Cc1c(Cl)ccc(S(=O)(=O)C=CCNCC(=O)NCC(=O)O)c1Cl. The second-order valence-electron chi connectivity index (χ2n) is 4.70. The van der Waals surface area contributed by atoms with Crippen LogP contribution >= 0.6 is 23.2 Å². The van der Waals surface area contributed by atoms with Gasteiger partial charge in [-0.3, -0.25) is 9.59 Å². The quantitative estimate of drug-likeness (QED) is 0.574. The van der Waals surface area contributed by atoms with Gasteiger partial charge in [0.25, 0.3) is 0 Å². The van der Waals surface area contributed by atoms with Gasteiger partial charge in [-0.2, -0.15) is 0 Å². The molecule has 132 valence electrons. The summed E-state index contributed by atoms with van der Waals surface area (Å²) in [7, 11) is -3.74. The minimum Gasteiger partial charge on any atom is -0.480 e. The zero-order valence-corrected chi connectivity index (χ0v) is 15.0. The predicted octanol–water partition coefficient (Wildman–Crippen LogP) is 1.38. The van der Waals surface area contributed by atoms with Crippen LogP contribution in [0.3, 0.4) is 0 Å². The van der Waals surface area contributed by atoms with Crippen LogP contribution in [0.25, 0.3) is 0 Å². The lowest BCUT2D eigenvalue weighted by atomic mass is 10.2. The summed E-state index contributed by atoms with van der Waals surface area (Å²) >= 11 is 11.9. The van der Waals surface area contributed by atoms with E-state index < -0.39 is 28.3 Å². The van der Waals surface area contributed by atoms with Gasteiger partial charge in [-0.05, 0) is 24.6 Å². The molecule has 0 saturated heterocycles. The molecule has 1 aromatic carbocycles. The summed E-state index contributed by atoms with van der Waals surface area (Å²) < 4.78 is 24.4. The van der Waals surface area contributed by atoms with Gasteiger partial charge in [-0.15, -0.1) is 0 Å². The fraction of sp³-hybridized carbons (Fsp3) is 0.286. The number of amides is 1. The van der Waals surface area contributed by atoms with Crippen LogP contribution in [-0.2, 0) is 19.4 Å². The summed E-state index contributed by atoms with van der Waals surface area (Å²) in [6.07, 6.45) is 1.32. The molecule has 10 heteroatoms. The maximum atomic E-state index is 12.2. The van der Waals surface area contributed by atoms with Gasteiger partial charge in [0.1, 0.15) is 6.54 Å². The summed E-state index contributed by atoms with van der Waals surface area (Å²) in [6, 6.07) is 2.78. The summed E-state index contributed by atoms with van der Waals surface area (Å²) in [4.78, 5) is 21.4. The van der Waals surface area contributed by atoms with E-state index in [0.29, 0.717) is 10.6 Å². The standard InChI is InChI=1S/C14H16Cl2N2O5S/c1-9-10(15)3-4-11(14(9)16)24(22,23)6-2-5-17-7-12(19)18-8-13(20)21/h2-4,6,17H,5,7-8H2,1H3,(H,18,19)(H,20,21).